The Morgan fingerprint density at radius 1 is 1.26 bits per heavy atom. The fourth-order valence-corrected chi connectivity index (χ4v) is 2.95. The van der Waals surface area contributed by atoms with Crippen LogP contribution in [-0.4, -0.2) is 59.2 Å². The number of ether oxygens (including phenoxy) is 2. The quantitative estimate of drug-likeness (QED) is 0.754. The minimum absolute atomic E-state index is 0.0505. The molecule has 0 spiro atoms. The topological polar surface area (TPSA) is 73.7 Å². The average Bonchev–Trinajstić information content (AvgIpc) is 3.01. The summed E-state index contributed by atoms with van der Waals surface area (Å²) in [5.74, 6) is -2.46. The van der Waals surface area contributed by atoms with E-state index in [1.54, 1.807) is 6.92 Å². The van der Waals surface area contributed by atoms with Gasteiger partial charge in [0.05, 0.1) is 30.9 Å². The van der Waals surface area contributed by atoms with Gasteiger partial charge in [-0.25, -0.2) is 9.78 Å². The van der Waals surface area contributed by atoms with E-state index >= 15 is 0 Å². The molecule has 10 heteroatoms. The van der Waals surface area contributed by atoms with E-state index < -0.39 is 30.4 Å². The summed E-state index contributed by atoms with van der Waals surface area (Å²) in [6.45, 7) is 2.47. The normalized spacial score (nSPS) is 15.2. The number of esters is 1. The molecule has 1 fully saturated rings. The maximum Gasteiger partial charge on any atom is 0.449 e. The Labute approximate surface area is 152 Å². The van der Waals surface area contributed by atoms with E-state index in [1.165, 1.54) is 23.1 Å². The first-order chi connectivity index (χ1) is 12.8. The van der Waals surface area contributed by atoms with Crippen LogP contribution >= 0.6 is 0 Å². The largest absolute Gasteiger partial charge is 0.462 e. The highest BCUT2D eigenvalue weighted by Crippen LogP contribution is 2.32. The van der Waals surface area contributed by atoms with Gasteiger partial charge in [-0.3, -0.25) is 4.79 Å². The van der Waals surface area contributed by atoms with Crippen molar-refractivity contribution in [3.63, 3.8) is 0 Å². The standard InChI is InChI=1S/C17H18F3N3O4/c1-2-27-15(25)11-4-3-5-12-14(11)21-16(17(18,19)20)23(12)10-13(24)22-6-8-26-9-7-22/h3-5H,2,6-10H2,1H3. The first-order valence-corrected chi connectivity index (χ1v) is 8.42. The van der Waals surface area contributed by atoms with Crippen molar-refractivity contribution in [1.29, 1.82) is 0 Å². The van der Waals surface area contributed by atoms with Gasteiger partial charge in [0, 0.05) is 13.1 Å². The van der Waals surface area contributed by atoms with E-state index in [0.29, 0.717) is 26.3 Å². The molecule has 0 bridgehead atoms. The van der Waals surface area contributed by atoms with Gasteiger partial charge in [0.1, 0.15) is 12.1 Å². The van der Waals surface area contributed by atoms with Crippen molar-refractivity contribution in [1.82, 2.24) is 14.5 Å². The predicted molar refractivity (Wildman–Crippen MR) is 88.1 cm³/mol. The molecule has 0 atom stereocenters. The zero-order valence-corrected chi connectivity index (χ0v) is 14.6. The minimum atomic E-state index is -4.78. The van der Waals surface area contributed by atoms with Crippen molar-refractivity contribution in [3.8, 4) is 0 Å². The number of halogens is 3. The molecule has 0 aliphatic carbocycles. The van der Waals surface area contributed by atoms with Crippen LogP contribution in [0.2, 0.25) is 0 Å². The van der Waals surface area contributed by atoms with E-state index in [4.69, 9.17) is 9.47 Å². The zero-order valence-electron chi connectivity index (χ0n) is 14.6. The van der Waals surface area contributed by atoms with Gasteiger partial charge in [-0.1, -0.05) is 6.07 Å². The molecule has 0 radical (unpaired) electrons. The Bertz CT molecular complexity index is 857. The molecule has 3 rings (SSSR count). The Hall–Kier alpha value is -2.62. The van der Waals surface area contributed by atoms with Gasteiger partial charge in [0.2, 0.25) is 11.7 Å². The number of para-hydroxylation sites is 1. The van der Waals surface area contributed by atoms with Crippen LogP contribution in [0.4, 0.5) is 13.2 Å². The summed E-state index contributed by atoms with van der Waals surface area (Å²) in [6, 6.07) is 4.18. The molecule has 1 aliphatic rings. The van der Waals surface area contributed by atoms with Crippen molar-refractivity contribution >= 4 is 22.9 Å². The second-order valence-electron chi connectivity index (χ2n) is 5.91. The lowest BCUT2D eigenvalue weighted by atomic mass is 10.2. The second-order valence-corrected chi connectivity index (χ2v) is 5.91. The number of nitrogens with zero attached hydrogens (tertiary/aromatic N) is 3. The third-order valence-corrected chi connectivity index (χ3v) is 4.18. The van der Waals surface area contributed by atoms with Gasteiger partial charge in [-0.05, 0) is 19.1 Å². The number of carbonyl (C=O) groups excluding carboxylic acids is 2. The lowest BCUT2D eigenvalue weighted by Gasteiger charge is -2.27. The number of aromatic nitrogens is 2. The lowest BCUT2D eigenvalue weighted by Crippen LogP contribution is -2.42. The minimum Gasteiger partial charge on any atom is -0.462 e. The van der Waals surface area contributed by atoms with Gasteiger partial charge in [0.15, 0.2) is 0 Å². The van der Waals surface area contributed by atoms with E-state index in [0.717, 1.165) is 4.57 Å². The van der Waals surface area contributed by atoms with Crippen LogP contribution in [0.25, 0.3) is 11.0 Å². The summed E-state index contributed by atoms with van der Waals surface area (Å²) in [5.41, 5.74) is -0.162. The summed E-state index contributed by atoms with van der Waals surface area (Å²) in [7, 11) is 0. The van der Waals surface area contributed by atoms with Crippen LogP contribution in [0, 0.1) is 0 Å². The van der Waals surface area contributed by atoms with Crippen LogP contribution in [-0.2, 0) is 27.0 Å². The van der Waals surface area contributed by atoms with E-state index in [1.807, 2.05) is 0 Å². The van der Waals surface area contributed by atoms with E-state index in [-0.39, 0.29) is 23.2 Å². The molecule has 0 unspecified atom stereocenters. The number of morpholine rings is 1. The van der Waals surface area contributed by atoms with Gasteiger partial charge < -0.3 is 18.9 Å². The van der Waals surface area contributed by atoms with Crippen molar-refractivity contribution in [2.24, 2.45) is 0 Å². The molecule has 0 saturated carbocycles. The number of amides is 1. The third kappa shape index (κ3) is 3.90. The smallest absolute Gasteiger partial charge is 0.449 e. The molecule has 1 saturated heterocycles. The molecular formula is C17H18F3N3O4. The number of rotatable bonds is 4. The van der Waals surface area contributed by atoms with Gasteiger partial charge in [-0.2, -0.15) is 13.2 Å². The van der Waals surface area contributed by atoms with Crippen LogP contribution in [0.5, 0.6) is 0 Å². The molecular weight excluding hydrogens is 367 g/mol. The summed E-state index contributed by atoms with van der Waals surface area (Å²) < 4.78 is 51.4. The average molecular weight is 385 g/mol. The maximum absolute atomic E-state index is 13.5. The highest BCUT2D eigenvalue weighted by molar-refractivity contribution is 6.02. The number of carbonyl (C=O) groups is 2. The third-order valence-electron chi connectivity index (χ3n) is 4.18. The molecule has 1 amide bonds. The molecule has 1 aliphatic heterocycles. The molecule has 27 heavy (non-hydrogen) atoms. The molecule has 1 aromatic heterocycles. The number of imidazole rings is 1. The zero-order chi connectivity index (χ0) is 19.6. The lowest BCUT2D eigenvalue weighted by molar-refractivity contribution is -0.148. The summed E-state index contributed by atoms with van der Waals surface area (Å²) >= 11 is 0. The number of hydrogen-bond donors (Lipinski definition) is 0. The molecule has 1 aromatic carbocycles. The number of fused-ring (bicyclic) bond motifs is 1. The Morgan fingerprint density at radius 2 is 1.96 bits per heavy atom. The van der Waals surface area contributed by atoms with E-state index in [2.05, 4.69) is 4.98 Å². The van der Waals surface area contributed by atoms with Gasteiger partial charge >= 0.3 is 12.1 Å². The molecule has 2 aromatic rings. The fraction of sp³-hybridized carbons (Fsp3) is 0.471. The van der Waals surface area contributed by atoms with Crippen molar-refractivity contribution in [2.75, 3.05) is 32.9 Å². The highest BCUT2D eigenvalue weighted by Gasteiger charge is 2.39. The monoisotopic (exact) mass is 385 g/mol. The van der Waals surface area contributed by atoms with Crippen LogP contribution in [0.15, 0.2) is 18.2 Å². The van der Waals surface area contributed by atoms with Crippen LogP contribution < -0.4 is 0 Å². The van der Waals surface area contributed by atoms with Crippen molar-refractivity contribution in [3.05, 3.63) is 29.6 Å². The first kappa shape index (κ1) is 19.2. The summed E-state index contributed by atoms with van der Waals surface area (Å²) in [6.07, 6.45) is -4.78. The summed E-state index contributed by atoms with van der Waals surface area (Å²) in [4.78, 5) is 29.6. The Balaban J connectivity index is 2.05. The molecule has 7 nitrogen and oxygen atoms in total. The van der Waals surface area contributed by atoms with Crippen LogP contribution in [0.1, 0.15) is 23.1 Å². The first-order valence-electron chi connectivity index (χ1n) is 8.42. The molecule has 0 N–H and O–H groups in total. The Morgan fingerprint density at radius 3 is 2.59 bits per heavy atom. The van der Waals surface area contributed by atoms with Crippen molar-refractivity contribution in [2.45, 2.75) is 19.6 Å². The van der Waals surface area contributed by atoms with Gasteiger partial charge in [0.25, 0.3) is 0 Å². The second kappa shape index (κ2) is 7.55. The van der Waals surface area contributed by atoms with Crippen molar-refractivity contribution < 1.29 is 32.2 Å². The predicted octanol–water partition coefficient (Wildman–Crippen LogP) is 2.09. The fourth-order valence-electron chi connectivity index (χ4n) is 2.95. The van der Waals surface area contributed by atoms with Crippen LogP contribution in [0.3, 0.4) is 0 Å². The highest BCUT2D eigenvalue weighted by atomic mass is 19.4. The number of alkyl halides is 3. The van der Waals surface area contributed by atoms with E-state index in [9.17, 15) is 22.8 Å². The maximum atomic E-state index is 13.5. The Kier molecular flexibility index (Phi) is 5.36. The number of hydrogen-bond acceptors (Lipinski definition) is 5. The molecule has 146 valence electrons. The summed E-state index contributed by atoms with van der Waals surface area (Å²) in [5, 5.41) is 0. The molecule has 2 heterocycles. The number of benzene rings is 1. The SMILES string of the molecule is CCOC(=O)c1cccc2c1nc(C(F)(F)F)n2CC(=O)N1CCOCC1. The van der Waals surface area contributed by atoms with Gasteiger partial charge in [-0.15, -0.1) is 0 Å².